The summed E-state index contributed by atoms with van der Waals surface area (Å²) in [4.78, 5) is 1.48. The quantitative estimate of drug-likeness (QED) is 0.698. The van der Waals surface area contributed by atoms with E-state index in [9.17, 15) is 0 Å². The fourth-order valence-corrected chi connectivity index (χ4v) is 2.44. The Balaban J connectivity index is 2.19. The van der Waals surface area contributed by atoms with Crippen molar-refractivity contribution in [3.63, 3.8) is 0 Å². The third-order valence-corrected chi connectivity index (χ3v) is 3.35. The molecule has 15 heavy (non-hydrogen) atoms. The number of hydrogen-bond acceptors (Lipinski definition) is 2. The van der Waals surface area contributed by atoms with Crippen LogP contribution in [0.25, 0.3) is 0 Å². The van der Waals surface area contributed by atoms with E-state index in [4.69, 9.17) is 6.42 Å². The van der Waals surface area contributed by atoms with Crippen LogP contribution >= 0.6 is 11.3 Å². The van der Waals surface area contributed by atoms with Crippen molar-refractivity contribution in [1.82, 2.24) is 5.32 Å². The van der Waals surface area contributed by atoms with Crippen LogP contribution in [-0.4, -0.2) is 12.6 Å². The Labute approximate surface area is 96.9 Å². The van der Waals surface area contributed by atoms with Gasteiger partial charge in [0.1, 0.15) is 0 Å². The molecule has 1 rings (SSSR count). The summed E-state index contributed by atoms with van der Waals surface area (Å²) in [6.07, 6.45) is 9.77. The summed E-state index contributed by atoms with van der Waals surface area (Å²) in [6.45, 7) is 3.13. The Bertz CT molecular complexity index is 284. The summed E-state index contributed by atoms with van der Waals surface area (Å²) in [7, 11) is 0. The standard InChI is InChI=1S/C13H19NS/c1-3-7-12(14-4-2)8-5-9-13-10-6-11-15-13/h1,6,10-12,14H,4-5,7-9H2,2H3. The summed E-state index contributed by atoms with van der Waals surface area (Å²) < 4.78 is 0. The van der Waals surface area contributed by atoms with Crippen molar-refractivity contribution in [1.29, 1.82) is 0 Å². The molecule has 0 saturated carbocycles. The Morgan fingerprint density at radius 3 is 3.07 bits per heavy atom. The molecule has 0 spiro atoms. The van der Waals surface area contributed by atoms with Gasteiger partial charge in [-0.3, -0.25) is 0 Å². The molecule has 2 heteroatoms. The molecular formula is C13H19NS. The molecule has 1 aromatic heterocycles. The summed E-state index contributed by atoms with van der Waals surface area (Å²) in [5, 5.41) is 5.56. The summed E-state index contributed by atoms with van der Waals surface area (Å²) in [6, 6.07) is 4.82. The zero-order valence-corrected chi connectivity index (χ0v) is 10.1. The molecule has 0 fully saturated rings. The molecule has 1 nitrogen and oxygen atoms in total. The Kier molecular flexibility index (Phi) is 6.15. The van der Waals surface area contributed by atoms with Crippen molar-refractivity contribution >= 4 is 11.3 Å². The minimum atomic E-state index is 0.500. The van der Waals surface area contributed by atoms with Crippen molar-refractivity contribution in [2.24, 2.45) is 0 Å². The molecule has 0 aliphatic carbocycles. The summed E-state index contributed by atoms with van der Waals surface area (Å²) >= 11 is 1.84. The lowest BCUT2D eigenvalue weighted by Crippen LogP contribution is -2.28. The maximum atomic E-state index is 5.34. The van der Waals surface area contributed by atoms with Gasteiger partial charge >= 0.3 is 0 Å². The number of thiophene rings is 1. The van der Waals surface area contributed by atoms with Gasteiger partial charge in [-0.25, -0.2) is 0 Å². The van der Waals surface area contributed by atoms with Gasteiger partial charge < -0.3 is 5.32 Å². The molecule has 0 aliphatic heterocycles. The molecule has 0 amide bonds. The van der Waals surface area contributed by atoms with Crippen LogP contribution in [0.3, 0.4) is 0 Å². The first-order chi connectivity index (χ1) is 7.36. The molecule has 1 N–H and O–H groups in total. The molecule has 0 aliphatic rings. The zero-order valence-electron chi connectivity index (χ0n) is 9.33. The van der Waals surface area contributed by atoms with Crippen molar-refractivity contribution in [2.75, 3.05) is 6.54 Å². The molecule has 1 unspecified atom stereocenters. The number of terminal acetylenes is 1. The summed E-state index contributed by atoms with van der Waals surface area (Å²) in [5.41, 5.74) is 0. The largest absolute Gasteiger partial charge is 0.313 e. The Morgan fingerprint density at radius 1 is 1.60 bits per heavy atom. The van der Waals surface area contributed by atoms with Crippen LogP contribution in [0.1, 0.15) is 31.1 Å². The molecule has 0 radical (unpaired) electrons. The third-order valence-electron chi connectivity index (χ3n) is 2.41. The first kappa shape index (κ1) is 12.3. The lowest BCUT2D eigenvalue weighted by atomic mass is 10.1. The van der Waals surface area contributed by atoms with E-state index in [0.29, 0.717) is 6.04 Å². The second-order valence-electron chi connectivity index (χ2n) is 3.63. The molecule has 1 aromatic rings. The van der Waals surface area contributed by atoms with Crippen LogP contribution < -0.4 is 5.32 Å². The third kappa shape index (κ3) is 5.01. The van der Waals surface area contributed by atoms with E-state index in [1.54, 1.807) is 0 Å². The highest BCUT2D eigenvalue weighted by atomic mass is 32.1. The van der Waals surface area contributed by atoms with Crippen molar-refractivity contribution in [2.45, 2.75) is 38.6 Å². The van der Waals surface area contributed by atoms with E-state index in [2.05, 4.69) is 35.7 Å². The average Bonchev–Trinajstić information content (AvgIpc) is 2.71. The van der Waals surface area contributed by atoms with Gasteiger partial charge in [0.25, 0.3) is 0 Å². The fourth-order valence-electron chi connectivity index (χ4n) is 1.68. The summed E-state index contributed by atoms with van der Waals surface area (Å²) in [5.74, 6) is 2.74. The van der Waals surface area contributed by atoms with Gasteiger partial charge in [0.05, 0.1) is 0 Å². The van der Waals surface area contributed by atoms with E-state index in [1.165, 1.54) is 24.1 Å². The smallest absolute Gasteiger partial charge is 0.0240 e. The van der Waals surface area contributed by atoms with Crippen LogP contribution in [-0.2, 0) is 6.42 Å². The number of nitrogens with one attached hydrogen (secondary N) is 1. The van der Waals surface area contributed by atoms with Gasteiger partial charge in [-0.1, -0.05) is 13.0 Å². The van der Waals surface area contributed by atoms with Crippen LogP contribution in [0.4, 0.5) is 0 Å². The van der Waals surface area contributed by atoms with Gasteiger partial charge in [0.15, 0.2) is 0 Å². The predicted molar refractivity (Wildman–Crippen MR) is 68.2 cm³/mol. The Hall–Kier alpha value is -0.780. The molecule has 0 aromatic carbocycles. The second-order valence-corrected chi connectivity index (χ2v) is 4.67. The van der Waals surface area contributed by atoms with Crippen LogP contribution in [0.15, 0.2) is 17.5 Å². The highest BCUT2D eigenvalue weighted by molar-refractivity contribution is 7.09. The van der Waals surface area contributed by atoms with Crippen LogP contribution in [0, 0.1) is 12.3 Å². The molecule has 0 saturated heterocycles. The second kappa shape index (κ2) is 7.50. The lowest BCUT2D eigenvalue weighted by molar-refractivity contribution is 0.488. The topological polar surface area (TPSA) is 12.0 Å². The average molecular weight is 221 g/mol. The van der Waals surface area contributed by atoms with E-state index in [-0.39, 0.29) is 0 Å². The van der Waals surface area contributed by atoms with E-state index in [0.717, 1.165) is 13.0 Å². The minimum absolute atomic E-state index is 0.500. The minimum Gasteiger partial charge on any atom is -0.313 e. The number of rotatable bonds is 7. The van der Waals surface area contributed by atoms with Crippen molar-refractivity contribution in [3.05, 3.63) is 22.4 Å². The van der Waals surface area contributed by atoms with E-state index in [1.807, 2.05) is 11.3 Å². The first-order valence-corrected chi connectivity index (χ1v) is 6.44. The van der Waals surface area contributed by atoms with Gasteiger partial charge in [-0.05, 0) is 37.3 Å². The zero-order chi connectivity index (χ0) is 10.9. The number of aryl methyl sites for hydroxylation is 1. The van der Waals surface area contributed by atoms with Crippen LogP contribution in [0.2, 0.25) is 0 Å². The molecule has 1 heterocycles. The maximum Gasteiger partial charge on any atom is 0.0240 e. The normalized spacial score (nSPS) is 12.3. The predicted octanol–water partition coefficient (Wildman–Crippen LogP) is 3.07. The van der Waals surface area contributed by atoms with Gasteiger partial charge in [0, 0.05) is 17.3 Å². The van der Waals surface area contributed by atoms with Gasteiger partial charge in [0.2, 0.25) is 0 Å². The van der Waals surface area contributed by atoms with Gasteiger partial charge in [-0.2, -0.15) is 0 Å². The lowest BCUT2D eigenvalue weighted by Gasteiger charge is -2.14. The van der Waals surface area contributed by atoms with E-state index >= 15 is 0 Å². The van der Waals surface area contributed by atoms with Gasteiger partial charge in [-0.15, -0.1) is 23.7 Å². The number of hydrogen-bond donors (Lipinski definition) is 1. The monoisotopic (exact) mass is 221 g/mol. The molecule has 82 valence electrons. The van der Waals surface area contributed by atoms with Crippen LogP contribution in [0.5, 0.6) is 0 Å². The maximum absolute atomic E-state index is 5.34. The molecule has 1 atom stereocenters. The highest BCUT2D eigenvalue weighted by Gasteiger charge is 2.05. The first-order valence-electron chi connectivity index (χ1n) is 5.56. The van der Waals surface area contributed by atoms with E-state index < -0.39 is 0 Å². The van der Waals surface area contributed by atoms with Crippen molar-refractivity contribution < 1.29 is 0 Å². The molecule has 0 bridgehead atoms. The fraction of sp³-hybridized carbons (Fsp3) is 0.538. The Morgan fingerprint density at radius 2 is 2.47 bits per heavy atom. The highest BCUT2D eigenvalue weighted by Crippen LogP contribution is 2.13. The van der Waals surface area contributed by atoms with Crippen molar-refractivity contribution in [3.8, 4) is 12.3 Å². The molecular weight excluding hydrogens is 202 g/mol. The SMILES string of the molecule is C#CCC(CCCc1cccs1)NCC.